The normalized spacial score (nSPS) is 12.4. The van der Waals surface area contributed by atoms with Crippen molar-refractivity contribution in [2.75, 3.05) is 12.4 Å². The van der Waals surface area contributed by atoms with Gasteiger partial charge < -0.3 is 9.84 Å². The first-order valence-corrected chi connectivity index (χ1v) is 22.6. The fourth-order valence-electron chi connectivity index (χ4n) is 6.63. The van der Waals surface area contributed by atoms with E-state index in [0.717, 1.165) is 11.3 Å². The van der Waals surface area contributed by atoms with Crippen molar-refractivity contribution in [3.05, 3.63) is 120 Å². The Morgan fingerprint density at radius 3 is 2.33 bits per heavy atom. The minimum absolute atomic E-state index is 0.00959. The molecule has 0 atom stereocenters. The standard InChI is InChI=1S/C42H32N10O8S3/c1-24-20-33(48-49-37-25(2)30(23-43)39-44-31-13-6-7-14-34(31)52(39)41(37)53)35(60-18-9-19-62(54,55)56)22-32(24)47-51-42-45-38(27-10-4-3-5-11-27)40(61-42)50-46-28-17-16-26-12-8-15-36(29(26)21-28)63(57,58)59/h3-8,10-17,20-22,53H,9,18-19H2,1-2H3,(H,54,55,56)(H,57,58,59). The second-order valence-corrected chi connectivity index (χ2v) is 17.8. The Labute approximate surface area is 362 Å². The highest BCUT2D eigenvalue weighted by molar-refractivity contribution is 7.86. The van der Waals surface area contributed by atoms with Gasteiger partial charge in [0.25, 0.3) is 20.2 Å². The number of para-hydroxylation sites is 2. The van der Waals surface area contributed by atoms with E-state index < -0.39 is 26.0 Å². The highest BCUT2D eigenvalue weighted by Crippen LogP contribution is 2.43. The highest BCUT2D eigenvalue weighted by Gasteiger charge is 2.22. The smallest absolute Gasteiger partial charge is 0.295 e. The van der Waals surface area contributed by atoms with Crippen LogP contribution in [0.15, 0.2) is 139 Å². The molecule has 8 aromatic rings. The molecular weight excluding hydrogens is 869 g/mol. The van der Waals surface area contributed by atoms with Gasteiger partial charge in [-0.2, -0.15) is 22.1 Å². The third-order valence-corrected chi connectivity index (χ3v) is 12.2. The van der Waals surface area contributed by atoms with Gasteiger partial charge in [0.1, 0.15) is 33.7 Å². The van der Waals surface area contributed by atoms with Crippen molar-refractivity contribution in [2.24, 2.45) is 30.7 Å². The number of rotatable bonds is 13. The van der Waals surface area contributed by atoms with Crippen LogP contribution >= 0.6 is 11.3 Å². The Morgan fingerprint density at radius 1 is 0.810 bits per heavy atom. The minimum Gasteiger partial charge on any atom is -0.493 e. The molecule has 63 heavy (non-hydrogen) atoms. The predicted octanol–water partition coefficient (Wildman–Crippen LogP) is 11.1. The summed E-state index contributed by atoms with van der Waals surface area (Å²) in [5.41, 5.74) is 4.45. The lowest BCUT2D eigenvalue weighted by Crippen LogP contribution is -2.08. The van der Waals surface area contributed by atoms with E-state index in [1.165, 1.54) is 28.7 Å². The van der Waals surface area contributed by atoms with Crippen molar-refractivity contribution >= 4 is 91.9 Å². The monoisotopic (exact) mass is 900 g/mol. The zero-order valence-corrected chi connectivity index (χ0v) is 35.5. The Morgan fingerprint density at radius 2 is 1.57 bits per heavy atom. The maximum atomic E-state index is 12.1. The number of aryl methyl sites for hydroxylation is 1. The molecular formula is C42H32N10O8S3. The van der Waals surface area contributed by atoms with Crippen LogP contribution < -0.4 is 4.74 Å². The molecule has 21 heteroatoms. The maximum Gasteiger partial charge on any atom is 0.295 e. The molecule has 0 aliphatic rings. The van der Waals surface area contributed by atoms with E-state index in [0.29, 0.717) is 55.2 Å². The Kier molecular flexibility index (Phi) is 11.6. The Bertz CT molecular complexity index is 3470. The quantitative estimate of drug-likeness (QED) is 0.0556. The van der Waals surface area contributed by atoms with Gasteiger partial charge in [0.2, 0.25) is 11.0 Å². The third kappa shape index (κ3) is 9.01. The number of ether oxygens (including phenoxy) is 1. The van der Waals surface area contributed by atoms with Gasteiger partial charge in [-0.25, -0.2) is 9.97 Å². The van der Waals surface area contributed by atoms with Crippen LogP contribution in [0.4, 0.5) is 32.9 Å². The van der Waals surface area contributed by atoms with Crippen molar-refractivity contribution in [1.29, 1.82) is 5.26 Å². The summed E-state index contributed by atoms with van der Waals surface area (Å²) in [6.45, 7) is 3.21. The number of hydrogen-bond acceptors (Lipinski definition) is 16. The number of azo groups is 3. The van der Waals surface area contributed by atoms with Gasteiger partial charge in [0.05, 0.1) is 34.8 Å². The highest BCUT2D eigenvalue weighted by atomic mass is 32.2. The minimum atomic E-state index is -4.51. The lowest BCUT2D eigenvalue weighted by atomic mass is 10.1. The molecule has 316 valence electrons. The summed E-state index contributed by atoms with van der Waals surface area (Å²) >= 11 is 1.08. The van der Waals surface area contributed by atoms with E-state index in [1.807, 2.05) is 30.3 Å². The largest absolute Gasteiger partial charge is 0.493 e. The maximum absolute atomic E-state index is 12.1. The molecule has 0 amide bonds. The second-order valence-electron chi connectivity index (χ2n) is 13.9. The van der Waals surface area contributed by atoms with E-state index in [1.54, 1.807) is 62.4 Å². The first-order valence-electron chi connectivity index (χ1n) is 18.8. The molecule has 18 nitrogen and oxygen atoms in total. The van der Waals surface area contributed by atoms with E-state index >= 15 is 0 Å². The van der Waals surface area contributed by atoms with E-state index in [-0.39, 0.29) is 62.7 Å². The molecule has 0 aliphatic heterocycles. The number of aromatic nitrogens is 3. The molecule has 0 fully saturated rings. The number of fused-ring (bicyclic) bond motifs is 4. The van der Waals surface area contributed by atoms with E-state index in [9.17, 15) is 36.3 Å². The molecule has 0 spiro atoms. The summed E-state index contributed by atoms with van der Waals surface area (Å²) in [5.74, 6) is -0.727. The molecule has 0 bridgehead atoms. The van der Waals surface area contributed by atoms with E-state index in [4.69, 9.17) is 4.74 Å². The van der Waals surface area contributed by atoms with Gasteiger partial charge in [0.15, 0.2) is 16.3 Å². The molecule has 0 aliphatic carbocycles. The summed E-state index contributed by atoms with van der Waals surface area (Å²) in [6.07, 6.45) is -0.0600. The zero-order chi connectivity index (χ0) is 44.5. The van der Waals surface area contributed by atoms with Gasteiger partial charge in [0, 0.05) is 22.6 Å². The van der Waals surface area contributed by atoms with Crippen LogP contribution in [-0.2, 0) is 20.2 Å². The zero-order valence-electron chi connectivity index (χ0n) is 33.0. The van der Waals surface area contributed by atoms with Crippen LogP contribution in [0.1, 0.15) is 23.1 Å². The topological polar surface area (TPSA) is 266 Å². The average molecular weight is 901 g/mol. The Hall–Kier alpha value is -7.35. The predicted molar refractivity (Wildman–Crippen MR) is 235 cm³/mol. The van der Waals surface area contributed by atoms with E-state index in [2.05, 4.69) is 46.7 Å². The number of nitriles is 1. The molecule has 8 rings (SSSR count). The molecule has 0 radical (unpaired) electrons. The number of imidazole rings is 1. The molecule has 3 N–H and O–H groups in total. The number of aromatic hydroxyl groups is 1. The first-order chi connectivity index (χ1) is 30.2. The van der Waals surface area contributed by atoms with Crippen LogP contribution in [0.3, 0.4) is 0 Å². The van der Waals surface area contributed by atoms with Gasteiger partial charge in [-0.3, -0.25) is 13.5 Å². The van der Waals surface area contributed by atoms with Crippen molar-refractivity contribution < 1.29 is 35.8 Å². The lowest BCUT2D eigenvalue weighted by molar-refractivity contribution is 0.317. The molecule has 3 aromatic heterocycles. The van der Waals surface area contributed by atoms with Crippen LogP contribution in [-0.4, -0.2) is 57.8 Å². The SMILES string of the molecule is Cc1cc(N=Nc2c(C)c(C#N)c3nc4ccccc4n3c2O)c(OCCCS(=O)(=O)O)cc1N=Nc1nc(-c2ccccc2)c(N=Nc2ccc3cccc(S(=O)(=O)O)c3c2)s1. The van der Waals surface area contributed by atoms with Crippen LogP contribution in [0.2, 0.25) is 0 Å². The fourth-order valence-corrected chi connectivity index (χ4v) is 8.55. The lowest BCUT2D eigenvalue weighted by Gasteiger charge is -2.11. The summed E-state index contributed by atoms with van der Waals surface area (Å²) in [6, 6.07) is 30.9. The number of pyridine rings is 1. The Balaban J connectivity index is 1.15. The van der Waals surface area contributed by atoms with Crippen LogP contribution in [0, 0.1) is 25.2 Å². The summed E-state index contributed by atoms with van der Waals surface area (Å²) in [7, 11) is -8.77. The second kappa shape index (κ2) is 17.2. The van der Waals surface area contributed by atoms with Gasteiger partial charge in [-0.15, -0.1) is 30.7 Å². The fraction of sp³-hybridized carbons (Fsp3) is 0.119. The summed E-state index contributed by atoms with van der Waals surface area (Å²) in [5, 5.41) is 49.4. The molecule has 0 saturated carbocycles. The van der Waals surface area contributed by atoms with Crippen molar-refractivity contribution in [1.82, 2.24) is 14.4 Å². The molecule has 5 aromatic carbocycles. The number of hydrogen-bond donors (Lipinski definition) is 3. The van der Waals surface area contributed by atoms with Gasteiger partial charge in [-0.1, -0.05) is 72.0 Å². The van der Waals surface area contributed by atoms with Crippen LogP contribution in [0.5, 0.6) is 11.6 Å². The molecule has 0 saturated heterocycles. The van der Waals surface area contributed by atoms with Crippen molar-refractivity contribution in [2.45, 2.75) is 25.2 Å². The third-order valence-electron chi connectivity index (χ3n) is 9.64. The number of benzene rings is 5. The van der Waals surface area contributed by atoms with Crippen molar-refractivity contribution in [3.8, 4) is 29.0 Å². The van der Waals surface area contributed by atoms with Crippen molar-refractivity contribution in [3.63, 3.8) is 0 Å². The number of nitrogens with zero attached hydrogens (tertiary/aromatic N) is 10. The van der Waals surface area contributed by atoms with Gasteiger partial charge >= 0.3 is 0 Å². The van der Waals surface area contributed by atoms with Crippen LogP contribution in [0.25, 0.3) is 38.7 Å². The van der Waals surface area contributed by atoms with Gasteiger partial charge in [-0.05, 0) is 67.6 Å². The first kappa shape index (κ1) is 42.3. The summed E-state index contributed by atoms with van der Waals surface area (Å²) < 4.78 is 73.4. The number of thiazole rings is 1. The molecule has 0 unspecified atom stereocenters. The average Bonchev–Trinajstić information content (AvgIpc) is 3.85. The molecule has 3 heterocycles. The summed E-state index contributed by atoms with van der Waals surface area (Å²) in [4.78, 5) is 8.96.